The number of amides is 2. The van der Waals surface area contributed by atoms with Gasteiger partial charge in [0.2, 0.25) is 0 Å². The average Bonchev–Trinajstić information content (AvgIpc) is 3.13. The molecule has 7 heteroatoms. The number of hydrogen-bond acceptors (Lipinski definition) is 4. The number of ether oxygens (including phenoxy) is 1. The fraction of sp³-hybridized carbons (Fsp3) is 0.444. The minimum atomic E-state index is -0.182. The fourth-order valence-corrected chi connectivity index (χ4v) is 2.87. The zero-order valence-corrected chi connectivity index (χ0v) is 14.5. The quantitative estimate of drug-likeness (QED) is 0.790. The van der Waals surface area contributed by atoms with Crippen LogP contribution in [0.1, 0.15) is 13.3 Å². The highest BCUT2D eigenvalue weighted by molar-refractivity contribution is 5.89. The number of benzene rings is 1. The summed E-state index contributed by atoms with van der Waals surface area (Å²) < 4.78 is 7.56. The number of morpholine rings is 1. The summed E-state index contributed by atoms with van der Waals surface area (Å²) >= 11 is 0. The van der Waals surface area contributed by atoms with Crippen molar-refractivity contribution in [2.75, 3.05) is 36.5 Å². The van der Waals surface area contributed by atoms with Gasteiger partial charge in [-0.15, -0.1) is 0 Å². The van der Waals surface area contributed by atoms with E-state index in [1.165, 1.54) is 0 Å². The van der Waals surface area contributed by atoms with Crippen LogP contribution < -0.4 is 15.5 Å². The molecule has 1 aliphatic rings. The Morgan fingerprint density at radius 3 is 2.92 bits per heavy atom. The molecule has 0 aliphatic carbocycles. The molecule has 3 rings (SSSR count). The number of imidazole rings is 1. The predicted octanol–water partition coefficient (Wildman–Crippen LogP) is 2.32. The highest BCUT2D eigenvalue weighted by Crippen LogP contribution is 2.20. The van der Waals surface area contributed by atoms with Crippen LogP contribution in [-0.2, 0) is 11.3 Å². The summed E-state index contributed by atoms with van der Waals surface area (Å²) in [5.74, 6) is 0. The molecular weight excluding hydrogens is 318 g/mol. The number of aromatic nitrogens is 2. The summed E-state index contributed by atoms with van der Waals surface area (Å²) in [6, 6.07) is 7.75. The second-order valence-corrected chi connectivity index (χ2v) is 6.21. The Balaban J connectivity index is 1.40. The van der Waals surface area contributed by atoms with Gasteiger partial charge < -0.3 is 24.8 Å². The monoisotopic (exact) mass is 343 g/mol. The lowest BCUT2D eigenvalue weighted by molar-refractivity contribution is 0.0532. The van der Waals surface area contributed by atoms with E-state index >= 15 is 0 Å². The molecular formula is C18H25N5O2. The molecule has 2 N–H and O–H groups in total. The topological polar surface area (TPSA) is 71.4 Å². The van der Waals surface area contributed by atoms with Crippen LogP contribution in [0.25, 0.3) is 0 Å². The van der Waals surface area contributed by atoms with Crippen LogP contribution in [0.5, 0.6) is 0 Å². The first-order valence-electron chi connectivity index (χ1n) is 8.68. The fourth-order valence-electron chi connectivity index (χ4n) is 2.87. The van der Waals surface area contributed by atoms with Gasteiger partial charge in [-0.1, -0.05) is 0 Å². The van der Waals surface area contributed by atoms with E-state index in [-0.39, 0.29) is 12.1 Å². The van der Waals surface area contributed by atoms with Crippen molar-refractivity contribution in [3.05, 3.63) is 43.0 Å². The molecule has 1 aliphatic heterocycles. The molecule has 134 valence electrons. The summed E-state index contributed by atoms with van der Waals surface area (Å²) in [5.41, 5.74) is 1.94. The van der Waals surface area contributed by atoms with Gasteiger partial charge in [0.1, 0.15) is 0 Å². The highest BCUT2D eigenvalue weighted by atomic mass is 16.5. The Morgan fingerprint density at radius 1 is 1.36 bits per heavy atom. The Morgan fingerprint density at radius 2 is 2.20 bits per heavy atom. The highest BCUT2D eigenvalue weighted by Gasteiger charge is 2.16. The van der Waals surface area contributed by atoms with Gasteiger partial charge in [0.15, 0.2) is 0 Å². The summed E-state index contributed by atoms with van der Waals surface area (Å²) in [7, 11) is 0. The second kappa shape index (κ2) is 8.53. The van der Waals surface area contributed by atoms with Crippen molar-refractivity contribution in [2.24, 2.45) is 0 Å². The zero-order valence-electron chi connectivity index (χ0n) is 14.5. The maximum Gasteiger partial charge on any atom is 0.319 e. The summed E-state index contributed by atoms with van der Waals surface area (Å²) in [6.07, 6.45) is 6.55. The summed E-state index contributed by atoms with van der Waals surface area (Å²) in [5, 5.41) is 5.73. The number of aryl methyl sites for hydroxylation is 1. The number of hydrogen-bond donors (Lipinski definition) is 2. The van der Waals surface area contributed by atoms with Crippen LogP contribution in [0.4, 0.5) is 16.2 Å². The van der Waals surface area contributed by atoms with Crippen LogP contribution in [0.3, 0.4) is 0 Å². The molecule has 0 spiro atoms. The smallest absolute Gasteiger partial charge is 0.319 e. The first-order chi connectivity index (χ1) is 12.2. The average molecular weight is 343 g/mol. The van der Waals surface area contributed by atoms with Gasteiger partial charge in [-0.25, -0.2) is 9.78 Å². The molecule has 2 heterocycles. The molecule has 2 aromatic rings. The molecule has 0 radical (unpaired) electrons. The number of urea groups is 1. The van der Waals surface area contributed by atoms with Crippen LogP contribution in [0.15, 0.2) is 43.0 Å². The van der Waals surface area contributed by atoms with Crippen molar-refractivity contribution in [2.45, 2.75) is 26.0 Å². The van der Waals surface area contributed by atoms with E-state index in [1.54, 1.807) is 12.5 Å². The lowest BCUT2D eigenvalue weighted by Crippen LogP contribution is -2.41. The van der Waals surface area contributed by atoms with Gasteiger partial charge in [-0.2, -0.15) is 0 Å². The lowest BCUT2D eigenvalue weighted by atomic mass is 10.2. The molecule has 0 bridgehead atoms. The third-order valence-electron chi connectivity index (χ3n) is 4.17. The van der Waals surface area contributed by atoms with E-state index in [2.05, 4.69) is 27.4 Å². The Hall–Kier alpha value is -2.54. The van der Waals surface area contributed by atoms with Gasteiger partial charge in [0, 0.05) is 49.9 Å². The van der Waals surface area contributed by atoms with E-state index in [0.29, 0.717) is 6.54 Å². The molecule has 1 aromatic heterocycles. The maximum atomic E-state index is 11.9. The maximum absolute atomic E-state index is 11.9. The number of nitrogens with zero attached hydrogens (tertiary/aromatic N) is 3. The standard InChI is InChI=1S/C18H25N5O2/c1-15-13-23(11-12-25-15)17-5-3-16(4-6-17)21-18(24)20-7-2-9-22-10-8-19-14-22/h3-6,8,10,14-15H,2,7,9,11-13H2,1H3,(H2,20,21,24)/t15-/m1/s1. The predicted molar refractivity (Wildman–Crippen MR) is 97.9 cm³/mol. The summed E-state index contributed by atoms with van der Waals surface area (Å²) in [6.45, 7) is 6.08. The molecule has 0 saturated carbocycles. The van der Waals surface area contributed by atoms with Gasteiger partial charge in [-0.05, 0) is 37.6 Å². The lowest BCUT2D eigenvalue weighted by Gasteiger charge is -2.33. The van der Waals surface area contributed by atoms with E-state index in [1.807, 2.05) is 35.0 Å². The molecule has 7 nitrogen and oxygen atoms in total. The third-order valence-corrected chi connectivity index (χ3v) is 4.17. The van der Waals surface area contributed by atoms with Gasteiger partial charge >= 0.3 is 6.03 Å². The van der Waals surface area contributed by atoms with E-state index < -0.39 is 0 Å². The van der Waals surface area contributed by atoms with Crippen molar-refractivity contribution in [1.29, 1.82) is 0 Å². The Kier molecular flexibility index (Phi) is 5.90. The largest absolute Gasteiger partial charge is 0.375 e. The van der Waals surface area contributed by atoms with E-state index in [0.717, 1.165) is 44.0 Å². The zero-order chi connectivity index (χ0) is 17.5. The molecule has 2 amide bonds. The number of carbonyl (C=O) groups excluding carboxylic acids is 1. The Bertz CT molecular complexity index is 657. The molecule has 0 unspecified atom stereocenters. The first-order valence-corrected chi connectivity index (χ1v) is 8.68. The van der Waals surface area contributed by atoms with Crippen LogP contribution in [0.2, 0.25) is 0 Å². The van der Waals surface area contributed by atoms with E-state index in [9.17, 15) is 4.79 Å². The number of nitrogens with one attached hydrogen (secondary N) is 2. The van der Waals surface area contributed by atoms with Crippen molar-refractivity contribution in [3.63, 3.8) is 0 Å². The minimum Gasteiger partial charge on any atom is -0.375 e. The number of rotatable bonds is 6. The summed E-state index contributed by atoms with van der Waals surface area (Å²) in [4.78, 5) is 18.2. The van der Waals surface area contributed by atoms with Crippen molar-refractivity contribution in [1.82, 2.24) is 14.9 Å². The Labute approximate surface area is 148 Å². The number of carbonyl (C=O) groups is 1. The molecule has 1 fully saturated rings. The van der Waals surface area contributed by atoms with Gasteiger partial charge in [0.25, 0.3) is 0 Å². The third kappa shape index (κ3) is 5.22. The minimum absolute atomic E-state index is 0.182. The number of anilines is 2. The molecule has 1 saturated heterocycles. The molecule has 25 heavy (non-hydrogen) atoms. The molecule has 1 atom stereocenters. The van der Waals surface area contributed by atoms with Crippen LogP contribution >= 0.6 is 0 Å². The van der Waals surface area contributed by atoms with E-state index in [4.69, 9.17) is 4.74 Å². The van der Waals surface area contributed by atoms with Crippen LogP contribution in [0, 0.1) is 0 Å². The van der Waals surface area contributed by atoms with Crippen LogP contribution in [-0.4, -0.2) is 47.9 Å². The van der Waals surface area contributed by atoms with Gasteiger partial charge in [-0.3, -0.25) is 0 Å². The first kappa shape index (κ1) is 17.3. The SMILES string of the molecule is C[C@@H]1CN(c2ccc(NC(=O)NCCCn3ccnc3)cc2)CCO1. The van der Waals surface area contributed by atoms with Crippen molar-refractivity contribution < 1.29 is 9.53 Å². The van der Waals surface area contributed by atoms with Crippen molar-refractivity contribution in [3.8, 4) is 0 Å². The molecule has 1 aromatic carbocycles. The van der Waals surface area contributed by atoms with Crippen molar-refractivity contribution >= 4 is 17.4 Å². The second-order valence-electron chi connectivity index (χ2n) is 6.21. The van der Waals surface area contributed by atoms with Gasteiger partial charge in [0.05, 0.1) is 19.0 Å². The normalized spacial score (nSPS) is 17.3.